The molecular formula is C21H25N5O3. The lowest BCUT2D eigenvalue weighted by Crippen LogP contribution is -2.12. The lowest BCUT2D eigenvalue weighted by molar-refractivity contribution is 0.102. The molecular weight excluding hydrogens is 370 g/mol. The molecule has 152 valence electrons. The number of carbonyl (C=O) groups excluding carboxylic acids is 1. The molecule has 0 radical (unpaired) electrons. The first-order valence-electron chi connectivity index (χ1n) is 9.34. The van der Waals surface area contributed by atoms with Crippen LogP contribution >= 0.6 is 0 Å². The van der Waals surface area contributed by atoms with Crippen LogP contribution in [0.25, 0.3) is 11.4 Å². The van der Waals surface area contributed by atoms with Crippen molar-refractivity contribution in [3.8, 4) is 22.9 Å². The minimum absolute atomic E-state index is 0.241. The molecule has 1 heterocycles. The summed E-state index contributed by atoms with van der Waals surface area (Å²) < 4.78 is 11.1. The topological polar surface area (TPSA) is 115 Å². The summed E-state index contributed by atoms with van der Waals surface area (Å²) in [6, 6.07) is 12.4. The Bertz CT molecular complexity index is 967. The molecule has 4 N–H and O–H groups in total. The fourth-order valence-electron chi connectivity index (χ4n) is 2.61. The lowest BCUT2D eigenvalue weighted by atomic mass is 10.1. The van der Waals surface area contributed by atoms with Crippen LogP contribution in [0.4, 0.5) is 5.69 Å². The van der Waals surface area contributed by atoms with Crippen molar-refractivity contribution in [2.75, 3.05) is 19.0 Å². The van der Waals surface area contributed by atoms with E-state index in [4.69, 9.17) is 15.2 Å². The number of amides is 1. The molecule has 29 heavy (non-hydrogen) atoms. The molecule has 3 rings (SSSR count). The predicted molar refractivity (Wildman–Crippen MR) is 111 cm³/mol. The molecule has 0 saturated carbocycles. The van der Waals surface area contributed by atoms with Gasteiger partial charge in [0.2, 0.25) is 0 Å². The van der Waals surface area contributed by atoms with Gasteiger partial charge in [0.1, 0.15) is 5.82 Å². The summed E-state index contributed by atoms with van der Waals surface area (Å²) >= 11 is 0. The number of carbonyl (C=O) groups is 1. The summed E-state index contributed by atoms with van der Waals surface area (Å²) in [4.78, 5) is 16.9. The van der Waals surface area contributed by atoms with Gasteiger partial charge in [-0.3, -0.25) is 9.89 Å². The van der Waals surface area contributed by atoms with Crippen LogP contribution in [-0.4, -0.2) is 34.8 Å². The molecule has 0 aliphatic carbocycles. The smallest absolute Gasteiger partial charge is 0.255 e. The molecule has 1 aromatic heterocycles. The van der Waals surface area contributed by atoms with Crippen molar-refractivity contribution in [3.05, 3.63) is 53.9 Å². The quantitative estimate of drug-likeness (QED) is 0.539. The number of methoxy groups -OCH3 is 1. The number of aromatic amines is 1. The third kappa shape index (κ3) is 5.11. The Hall–Kier alpha value is -3.39. The summed E-state index contributed by atoms with van der Waals surface area (Å²) in [6.07, 6.45) is 0. The number of ether oxygens (including phenoxy) is 2. The third-order valence-electron chi connectivity index (χ3n) is 4.12. The van der Waals surface area contributed by atoms with Crippen LogP contribution in [0.2, 0.25) is 0 Å². The van der Waals surface area contributed by atoms with Crippen LogP contribution in [0.5, 0.6) is 11.5 Å². The summed E-state index contributed by atoms with van der Waals surface area (Å²) in [7, 11) is 1.55. The monoisotopic (exact) mass is 395 g/mol. The van der Waals surface area contributed by atoms with Gasteiger partial charge >= 0.3 is 0 Å². The van der Waals surface area contributed by atoms with Gasteiger partial charge in [0.25, 0.3) is 5.91 Å². The van der Waals surface area contributed by atoms with Gasteiger partial charge in [-0.25, -0.2) is 4.98 Å². The van der Waals surface area contributed by atoms with Crippen molar-refractivity contribution in [3.63, 3.8) is 0 Å². The van der Waals surface area contributed by atoms with Gasteiger partial charge in [-0.1, -0.05) is 13.8 Å². The maximum absolute atomic E-state index is 12.6. The van der Waals surface area contributed by atoms with E-state index in [0.717, 1.165) is 5.56 Å². The van der Waals surface area contributed by atoms with Crippen LogP contribution < -0.4 is 20.5 Å². The number of hydrogen-bond acceptors (Lipinski definition) is 6. The number of rotatable bonds is 8. The molecule has 0 aliphatic rings. The molecule has 8 nitrogen and oxygen atoms in total. The highest BCUT2D eigenvalue weighted by Crippen LogP contribution is 2.29. The summed E-state index contributed by atoms with van der Waals surface area (Å²) in [5.41, 5.74) is 7.50. The van der Waals surface area contributed by atoms with Crippen LogP contribution in [0.15, 0.2) is 42.5 Å². The van der Waals surface area contributed by atoms with Crippen LogP contribution in [-0.2, 0) is 6.54 Å². The zero-order valence-electron chi connectivity index (χ0n) is 16.7. The van der Waals surface area contributed by atoms with Gasteiger partial charge in [0.05, 0.1) is 20.3 Å². The number of nitrogens with zero attached hydrogens (tertiary/aromatic N) is 2. The molecule has 1 amide bonds. The average molecular weight is 395 g/mol. The van der Waals surface area contributed by atoms with E-state index in [2.05, 4.69) is 34.3 Å². The van der Waals surface area contributed by atoms with E-state index in [-0.39, 0.29) is 5.91 Å². The average Bonchev–Trinajstić information content (AvgIpc) is 3.22. The summed E-state index contributed by atoms with van der Waals surface area (Å²) in [5, 5.41) is 9.76. The predicted octanol–water partition coefficient (Wildman–Crippen LogP) is 3.23. The Morgan fingerprint density at radius 1 is 1.17 bits per heavy atom. The Balaban J connectivity index is 1.69. The number of benzene rings is 2. The van der Waals surface area contributed by atoms with Gasteiger partial charge < -0.3 is 20.5 Å². The van der Waals surface area contributed by atoms with E-state index in [1.54, 1.807) is 37.4 Å². The number of hydrogen-bond donors (Lipinski definition) is 3. The van der Waals surface area contributed by atoms with Crippen LogP contribution in [0.3, 0.4) is 0 Å². The third-order valence-corrected chi connectivity index (χ3v) is 4.12. The second-order valence-corrected chi connectivity index (χ2v) is 6.91. The fourth-order valence-corrected chi connectivity index (χ4v) is 2.61. The molecule has 0 unspecified atom stereocenters. The Kier molecular flexibility index (Phi) is 6.46. The molecule has 0 aliphatic heterocycles. The standard InChI is InChI=1S/C21H25N5O3/c1-13(2)12-29-17-9-6-15(10-18(17)28-3)21(27)23-16-7-4-14(5-8-16)20-24-19(11-22)25-26-20/h4-10,13H,11-12,22H2,1-3H3,(H,23,27)(H,24,25,26). The van der Waals surface area contributed by atoms with Gasteiger partial charge in [0.15, 0.2) is 17.3 Å². The highest BCUT2D eigenvalue weighted by molar-refractivity contribution is 6.04. The van der Waals surface area contributed by atoms with E-state index in [9.17, 15) is 4.79 Å². The van der Waals surface area contributed by atoms with E-state index in [1.165, 1.54) is 0 Å². The van der Waals surface area contributed by atoms with Crippen molar-refractivity contribution in [1.82, 2.24) is 15.2 Å². The Morgan fingerprint density at radius 2 is 1.93 bits per heavy atom. The molecule has 0 saturated heterocycles. The minimum Gasteiger partial charge on any atom is -0.493 e. The molecule has 0 bridgehead atoms. The Labute approximate surface area is 169 Å². The lowest BCUT2D eigenvalue weighted by Gasteiger charge is -2.13. The Morgan fingerprint density at radius 3 is 2.55 bits per heavy atom. The molecule has 0 spiro atoms. The van der Waals surface area contributed by atoms with Crippen molar-refractivity contribution in [1.29, 1.82) is 0 Å². The highest BCUT2D eigenvalue weighted by Gasteiger charge is 2.12. The number of nitrogens with one attached hydrogen (secondary N) is 2. The summed E-state index contributed by atoms with van der Waals surface area (Å²) in [6.45, 7) is 5.01. The maximum Gasteiger partial charge on any atom is 0.255 e. The molecule has 0 fully saturated rings. The molecule has 0 atom stereocenters. The normalized spacial score (nSPS) is 10.8. The first-order chi connectivity index (χ1) is 14.0. The van der Waals surface area contributed by atoms with Crippen molar-refractivity contribution >= 4 is 11.6 Å². The van der Waals surface area contributed by atoms with Crippen molar-refractivity contribution in [2.45, 2.75) is 20.4 Å². The highest BCUT2D eigenvalue weighted by atomic mass is 16.5. The fraction of sp³-hybridized carbons (Fsp3) is 0.286. The minimum atomic E-state index is -0.241. The van der Waals surface area contributed by atoms with Crippen molar-refractivity contribution < 1.29 is 14.3 Å². The van der Waals surface area contributed by atoms with E-state index >= 15 is 0 Å². The second-order valence-electron chi connectivity index (χ2n) is 6.91. The van der Waals surface area contributed by atoms with Crippen LogP contribution in [0.1, 0.15) is 30.0 Å². The molecule has 2 aromatic carbocycles. The van der Waals surface area contributed by atoms with Gasteiger partial charge in [-0.05, 0) is 48.4 Å². The molecule has 3 aromatic rings. The van der Waals surface area contributed by atoms with Gasteiger partial charge in [-0.15, -0.1) is 0 Å². The zero-order chi connectivity index (χ0) is 20.8. The zero-order valence-corrected chi connectivity index (χ0v) is 16.7. The van der Waals surface area contributed by atoms with Crippen LogP contribution in [0, 0.1) is 5.92 Å². The van der Waals surface area contributed by atoms with Crippen molar-refractivity contribution in [2.24, 2.45) is 11.7 Å². The molecule has 8 heteroatoms. The van der Waals surface area contributed by atoms with E-state index in [0.29, 0.717) is 53.5 Å². The van der Waals surface area contributed by atoms with Gasteiger partial charge in [-0.2, -0.15) is 5.10 Å². The number of anilines is 1. The van der Waals surface area contributed by atoms with Gasteiger partial charge in [0, 0.05) is 16.8 Å². The number of H-pyrrole nitrogens is 1. The summed E-state index contributed by atoms with van der Waals surface area (Å²) in [5.74, 6) is 2.47. The number of aromatic nitrogens is 3. The van der Waals surface area contributed by atoms with E-state index < -0.39 is 0 Å². The largest absolute Gasteiger partial charge is 0.493 e. The first-order valence-corrected chi connectivity index (χ1v) is 9.34. The number of nitrogens with two attached hydrogens (primary N) is 1. The SMILES string of the molecule is COc1cc(C(=O)Nc2ccc(-c3n[nH]c(CN)n3)cc2)ccc1OCC(C)C. The second kappa shape index (κ2) is 9.20. The van der Waals surface area contributed by atoms with E-state index in [1.807, 2.05) is 12.1 Å². The first kappa shape index (κ1) is 20.3. The maximum atomic E-state index is 12.6.